The second kappa shape index (κ2) is 8.02. The molecule has 2 atom stereocenters. The lowest BCUT2D eigenvalue weighted by Gasteiger charge is -2.33. The molecule has 0 bridgehead atoms. The van der Waals surface area contributed by atoms with E-state index in [0.717, 1.165) is 5.56 Å². The molecule has 0 spiro atoms. The summed E-state index contributed by atoms with van der Waals surface area (Å²) in [6.45, 7) is 3.92. The number of carbonyl (C=O) groups excluding carboxylic acids is 1. The Morgan fingerprint density at radius 3 is 3.05 bits per heavy atom. The van der Waals surface area contributed by atoms with Crippen LogP contribution in [0.3, 0.4) is 0 Å². The molecule has 22 heavy (non-hydrogen) atoms. The summed E-state index contributed by atoms with van der Waals surface area (Å²) in [5, 5.41) is 3.89. The number of benzene rings is 1. The molecule has 1 aliphatic heterocycles. The molecule has 1 aromatic carbocycles. The van der Waals surface area contributed by atoms with Gasteiger partial charge in [0.2, 0.25) is 0 Å². The first kappa shape index (κ1) is 17.3. The zero-order valence-corrected chi connectivity index (χ0v) is 14.2. The van der Waals surface area contributed by atoms with Crippen LogP contribution in [-0.4, -0.2) is 50.4 Å². The first-order valence-corrected chi connectivity index (χ1v) is 7.88. The number of amides is 2. The molecule has 0 radical (unpaired) electrons. The average molecular weight is 347 g/mol. The summed E-state index contributed by atoms with van der Waals surface area (Å²) in [7, 11) is 1.62. The summed E-state index contributed by atoms with van der Waals surface area (Å²) >= 11 is 12.2. The van der Waals surface area contributed by atoms with Crippen LogP contribution in [0.5, 0.6) is 0 Å². The largest absolute Gasteiger partial charge is 0.382 e. The van der Waals surface area contributed by atoms with E-state index >= 15 is 0 Å². The number of rotatable bonds is 4. The first-order valence-electron chi connectivity index (χ1n) is 7.12. The molecule has 0 aliphatic carbocycles. The number of methoxy groups -OCH3 is 1. The number of ether oxygens (including phenoxy) is 2. The van der Waals surface area contributed by atoms with Crippen molar-refractivity contribution in [2.45, 2.75) is 19.1 Å². The first-order chi connectivity index (χ1) is 10.5. The van der Waals surface area contributed by atoms with E-state index in [1.54, 1.807) is 18.1 Å². The van der Waals surface area contributed by atoms with Gasteiger partial charge in [-0.2, -0.15) is 0 Å². The summed E-state index contributed by atoms with van der Waals surface area (Å²) < 4.78 is 10.6. The van der Waals surface area contributed by atoms with Crippen LogP contribution in [0.25, 0.3) is 0 Å². The van der Waals surface area contributed by atoms with Gasteiger partial charge in [0.1, 0.15) is 0 Å². The predicted molar refractivity (Wildman–Crippen MR) is 86.6 cm³/mol. The lowest BCUT2D eigenvalue weighted by atomic mass is 10.1. The smallest absolute Gasteiger partial charge is 0.318 e. The van der Waals surface area contributed by atoms with Gasteiger partial charge in [0, 0.05) is 13.7 Å². The van der Waals surface area contributed by atoms with Gasteiger partial charge >= 0.3 is 6.03 Å². The van der Waals surface area contributed by atoms with Crippen molar-refractivity contribution in [3.8, 4) is 0 Å². The molecule has 2 rings (SSSR count). The van der Waals surface area contributed by atoms with E-state index in [4.69, 9.17) is 32.7 Å². The quantitative estimate of drug-likeness (QED) is 0.911. The van der Waals surface area contributed by atoms with E-state index in [2.05, 4.69) is 5.32 Å². The molecular weight excluding hydrogens is 327 g/mol. The number of nitrogens with zero attached hydrogens (tertiary/aromatic N) is 1. The van der Waals surface area contributed by atoms with E-state index < -0.39 is 0 Å². The highest BCUT2D eigenvalue weighted by Gasteiger charge is 2.25. The number of halogens is 2. The summed E-state index contributed by atoms with van der Waals surface area (Å²) in [4.78, 5) is 14.1. The molecule has 0 unspecified atom stereocenters. The zero-order valence-electron chi connectivity index (χ0n) is 12.6. The summed E-state index contributed by atoms with van der Waals surface area (Å²) in [5.74, 6) is 0. The van der Waals surface area contributed by atoms with Crippen LogP contribution < -0.4 is 5.32 Å². The van der Waals surface area contributed by atoms with Crippen LogP contribution in [0, 0.1) is 0 Å². The van der Waals surface area contributed by atoms with Gasteiger partial charge in [0.25, 0.3) is 0 Å². The number of nitrogens with one attached hydrogen (secondary N) is 1. The Balaban J connectivity index is 1.97. The highest BCUT2D eigenvalue weighted by atomic mass is 35.5. The fourth-order valence-electron chi connectivity index (χ4n) is 2.40. The van der Waals surface area contributed by atoms with Crippen LogP contribution in [-0.2, 0) is 9.47 Å². The highest BCUT2D eigenvalue weighted by molar-refractivity contribution is 6.42. The Kier molecular flexibility index (Phi) is 6.32. The second-order valence-corrected chi connectivity index (χ2v) is 5.99. The Bertz CT molecular complexity index is 526. The van der Waals surface area contributed by atoms with Crippen LogP contribution in [0.1, 0.15) is 18.5 Å². The van der Waals surface area contributed by atoms with Crippen LogP contribution in [0.4, 0.5) is 4.79 Å². The standard InChI is InChI=1S/C15H20Cl2N2O3/c1-10(12-4-3-5-13(16)14(12)17)18-15(20)19-6-7-22-11(8-19)9-21-2/h3-5,10-11H,6-9H2,1-2H3,(H,18,20)/t10-,11+/m0/s1. The predicted octanol–water partition coefficient (Wildman–Crippen LogP) is 3.11. The van der Waals surface area contributed by atoms with E-state index in [1.807, 2.05) is 19.1 Å². The molecule has 2 amide bonds. The van der Waals surface area contributed by atoms with Crippen LogP contribution >= 0.6 is 23.2 Å². The van der Waals surface area contributed by atoms with Gasteiger partial charge in [-0.05, 0) is 18.6 Å². The molecule has 122 valence electrons. The molecule has 1 heterocycles. The maximum absolute atomic E-state index is 12.4. The van der Waals surface area contributed by atoms with Crippen molar-refractivity contribution in [3.63, 3.8) is 0 Å². The number of morpholine rings is 1. The molecule has 5 nitrogen and oxygen atoms in total. The Labute approximate surface area is 140 Å². The number of carbonyl (C=O) groups is 1. The van der Waals surface area contributed by atoms with Crippen molar-refractivity contribution in [2.75, 3.05) is 33.4 Å². The van der Waals surface area contributed by atoms with Crippen LogP contribution in [0.15, 0.2) is 18.2 Å². The Morgan fingerprint density at radius 2 is 2.32 bits per heavy atom. The third-order valence-corrected chi connectivity index (χ3v) is 4.40. The zero-order chi connectivity index (χ0) is 16.1. The van der Waals surface area contributed by atoms with Crippen molar-refractivity contribution in [3.05, 3.63) is 33.8 Å². The van der Waals surface area contributed by atoms with Gasteiger partial charge in [0.05, 0.1) is 41.9 Å². The van der Waals surface area contributed by atoms with Crippen molar-refractivity contribution < 1.29 is 14.3 Å². The van der Waals surface area contributed by atoms with Crippen molar-refractivity contribution in [2.24, 2.45) is 0 Å². The summed E-state index contributed by atoms with van der Waals surface area (Å²) in [6, 6.07) is 5.01. The van der Waals surface area contributed by atoms with Gasteiger partial charge < -0.3 is 19.7 Å². The lowest BCUT2D eigenvalue weighted by molar-refractivity contribution is -0.0496. The fourth-order valence-corrected chi connectivity index (χ4v) is 2.87. The molecule has 0 aromatic heterocycles. The average Bonchev–Trinajstić information content (AvgIpc) is 2.50. The van der Waals surface area contributed by atoms with Gasteiger partial charge in [0.15, 0.2) is 0 Å². The maximum atomic E-state index is 12.4. The minimum Gasteiger partial charge on any atom is -0.382 e. The molecule has 1 aromatic rings. The summed E-state index contributed by atoms with van der Waals surface area (Å²) in [5.41, 5.74) is 0.796. The topological polar surface area (TPSA) is 50.8 Å². The second-order valence-electron chi connectivity index (χ2n) is 5.21. The maximum Gasteiger partial charge on any atom is 0.318 e. The molecule has 0 saturated carbocycles. The molecule has 1 N–H and O–H groups in total. The van der Waals surface area contributed by atoms with Crippen molar-refractivity contribution in [1.82, 2.24) is 10.2 Å². The van der Waals surface area contributed by atoms with Gasteiger partial charge in [-0.15, -0.1) is 0 Å². The van der Waals surface area contributed by atoms with E-state index in [0.29, 0.717) is 36.3 Å². The molecule has 1 aliphatic rings. The van der Waals surface area contributed by atoms with Crippen molar-refractivity contribution in [1.29, 1.82) is 0 Å². The van der Waals surface area contributed by atoms with Gasteiger partial charge in [-0.25, -0.2) is 4.79 Å². The highest BCUT2D eigenvalue weighted by Crippen LogP contribution is 2.29. The SMILES string of the molecule is COC[C@H]1CN(C(=O)N[C@@H](C)c2cccc(Cl)c2Cl)CCO1. The fraction of sp³-hybridized carbons (Fsp3) is 0.533. The van der Waals surface area contributed by atoms with Crippen molar-refractivity contribution >= 4 is 29.2 Å². The third-order valence-electron chi connectivity index (χ3n) is 3.57. The Morgan fingerprint density at radius 1 is 1.55 bits per heavy atom. The number of hydrogen-bond acceptors (Lipinski definition) is 3. The lowest BCUT2D eigenvalue weighted by Crippen LogP contribution is -2.51. The minimum atomic E-state index is -0.234. The molecule has 1 fully saturated rings. The minimum absolute atomic E-state index is 0.0884. The monoisotopic (exact) mass is 346 g/mol. The van der Waals surface area contributed by atoms with E-state index in [1.165, 1.54) is 0 Å². The van der Waals surface area contributed by atoms with E-state index in [-0.39, 0.29) is 18.2 Å². The van der Waals surface area contributed by atoms with Gasteiger partial charge in [-0.3, -0.25) is 0 Å². The normalized spacial score (nSPS) is 19.8. The molecule has 1 saturated heterocycles. The molecular formula is C15H20Cl2N2O3. The third kappa shape index (κ3) is 4.26. The van der Waals surface area contributed by atoms with Crippen LogP contribution in [0.2, 0.25) is 10.0 Å². The number of hydrogen-bond donors (Lipinski definition) is 1. The Hall–Kier alpha value is -1.01. The summed E-state index contributed by atoms with van der Waals surface area (Å²) in [6.07, 6.45) is -0.0884. The van der Waals surface area contributed by atoms with E-state index in [9.17, 15) is 4.79 Å². The van der Waals surface area contributed by atoms with Gasteiger partial charge in [-0.1, -0.05) is 35.3 Å². The number of urea groups is 1. The molecule has 7 heteroatoms.